The molecule has 6 nitrogen and oxygen atoms in total. The number of hydrogen-bond donors (Lipinski definition) is 2. The van der Waals surface area contributed by atoms with Gasteiger partial charge in [0.05, 0.1) is 17.3 Å². The van der Waals surface area contributed by atoms with Crippen molar-refractivity contribution < 1.29 is 18.7 Å². The van der Waals surface area contributed by atoms with E-state index in [2.05, 4.69) is 10.6 Å². The van der Waals surface area contributed by atoms with E-state index in [0.717, 1.165) is 5.56 Å². The molecule has 150 valence electrons. The number of amides is 2. The van der Waals surface area contributed by atoms with E-state index in [4.69, 9.17) is 32.4 Å². The van der Waals surface area contributed by atoms with E-state index in [1.54, 1.807) is 18.2 Å². The Balaban J connectivity index is 1.48. The third kappa shape index (κ3) is 6.01. The molecule has 2 amide bonds. The van der Waals surface area contributed by atoms with Gasteiger partial charge in [0.15, 0.2) is 5.76 Å². The van der Waals surface area contributed by atoms with Crippen LogP contribution in [0.15, 0.2) is 59.0 Å². The summed E-state index contributed by atoms with van der Waals surface area (Å²) in [4.78, 5) is 24.2. The van der Waals surface area contributed by atoms with Gasteiger partial charge in [0.2, 0.25) is 5.91 Å². The minimum Gasteiger partial charge on any atom is -0.486 e. The van der Waals surface area contributed by atoms with Crippen LogP contribution in [-0.2, 0) is 11.4 Å². The molecular weight excluding hydrogens is 415 g/mol. The first-order valence-corrected chi connectivity index (χ1v) is 9.47. The first kappa shape index (κ1) is 20.8. The van der Waals surface area contributed by atoms with Crippen molar-refractivity contribution in [3.05, 3.63) is 81.7 Å². The van der Waals surface area contributed by atoms with E-state index < -0.39 is 11.8 Å². The van der Waals surface area contributed by atoms with Crippen LogP contribution in [-0.4, -0.2) is 18.4 Å². The topological polar surface area (TPSA) is 80.6 Å². The predicted octanol–water partition coefficient (Wildman–Crippen LogP) is 4.84. The van der Waals surface area contributed by atoms with Crippen LogP contribution in [0.4, 0.5) is 5.69 Å². The highest BCUT2D eigenvalue weighted by Crippen LogP contribution is 2.25. The zero-order chi connectivity index (χ0) is 20.8. The molecule has 0 aliphatic carbocycles. The van der Waals surface area contributed by atoms with Crippen LogP contribution in [0.1, 0.15) is 21.9 Å². The minimum atomic E-state index is -0.515. The molecule has 0 aliphatic rings. The molecule has 29 heavy (non-hydrogen) atoms. The zero-order valence-electron chi connectivity index (χ0n) is 15.5. The largest absolute Gasteiger partial charge is 0.486 e. The summed E-state index contributed by atoms with van der Waals surface area (Å²) in [6.45, 7) is 1.92. The summed E-state index contributed by atoms with van der Waals surface area (Å²) in [5, 5.41) is 5.85. The average Bonchev–Trinajstić information content (AvgIpc) is 3.18. The van der Waals surface area contributed by atoms with Gasteiger partial charge in [-0.15, -0.1) is 0 Å². The first-order chi connectivity index (χ1) is 13.9. The smallest absolute Gasteiger partial charge is 0.287 e. The van der Waals surface area contributed by atoms with Gasteiger partial charge >= 0.3 is 0 Å². The number of anilines is 1. The Morgan fingerprint density at radius 3 is 2.55 bits per heavy atom. The Hall–Kier alpha value is -2.96. The van der Waals surface area contributed by atoms with Gasteiger partial charge in [0.25, 0.3) is 5.91 Å². The molecule has 2 N–H and O–H groups in total. The quantitative estimate of drug-likeness (QED) is 0.559. The van der Waals surface area contributed by atoms with Crippen LogP contribution in [0, 0.1) is 6.92 Å². The molecule has 8 heteroatoms. The van der Waals surface area contributed by atoms with Crippen molar-refractivity contribution in [2.75, 3.05) is 11.9 Å². The highest BCUT2D eigenvalue weighted by Gasteiger charge is 2.14. The second-order valence-electron chi connectivity index (χ2n) is 6.22. The van der Waals surface area contributed by atoms with Crippen molar-refractivity contribution in [1.29, 1.82) is 0 Å². The average molecular weight is 433 g/mol. The van der Waals surface area contributed by atoms with Gasteiger partial charge in [-0.3, -0.25) is 9.59 Å². The Labute approximate surface area is 177 Å². The fraction of sp³-hybridized carbons (Fsp3) is 0.143. The standard InChI is InChI=1S/C21H18Cl2N2O4/c1-13-2-5-15(6-3-13)28-12-16-7-9-19(29-16)21(27)24-11-20(26)25-18-10-14(22)4-8-17(18)23/h2-10H,11-12H2,1H3,(H,24,27)(H,25,26). The van der Waals surface area contributed by atoms with Crippen LogP contribution in [0.3, 0.4) is 0 Å². The van der Waals surface area contributed by atoms with Gasteiger partial charge in [0.1, 0.15) is 18.1 Å². The maximum Gasteiger partial charge on any atom is 0.287 e. The van der Waals surface area contributed by atoms with Crippen molar-refractivity contribution in [3.8, 4) is 5.75 Å². The molecule has 0 fully saturated rings. The number of rotatable bonds is 7. The number of benzene rings is 2. The van der Waals surface area contributed by atoms with Crippen LogP contribution in [0.2, 0.25) is 10.0 Å². The van der Waals surface area contributed by atoms with Gasteiger partial charge in [-0.05, 0) is 49.4 Å². The maximum absolute atomic E-state index is 12.2. The number of ether oxygens (including phenoxy) is 1. The van der Waals surface area contributed by atoms with Gasteiger partial charge in [-0.1, -0.05) is 40.9 Å². The van der Waals surface area contributed by atoms with E-state index in [-0.39, 0.29) is 18.9 Å². The summed E-state index contributed by atoms with van der Waals surface area (Å²) in [5.74, 6) is 0.317. The van der Waals surface area contributed by atoms with Gasteiger partial charge < -0.3 is 19.8 Å². The number of aryl methyl sites for hydroxylation is 1. The van der Waals surface area contributed by atoms with Crippen molar-refractivity contribution in [2.24, 2.45) is 0 Å². The fourth-order valence-electron chi connectivity index (χ4n) is 2.40. The molecule has 0 atom stereocenters. The monoisotopic (exact) mass is 432 g/mol. The summed E-state index contributed by atoms with van der Waals surface area (Å²) >= 11 is 11.9. The molecule has 1 heterocycles. The van der Waals surface area contributed by atoms with Crippen LogP contribution >= 0.6 is 23.2 Å². The molecule has 3 aromatic rings. The molecule has 0 aliphatic heterocycles. The molecule has 3 rings (SSSR count). The zero-order valence-corrected chi connectivity index (χ0v) is 17.0. The van der Waals surface area contributed by atoms with Crippen molar-refractivity contribution in [2.45, 2.75) is 13.5 Å². The van der Waals surface area contributed by atoms with Crippen molar-refractivity contribution in [1.82, 2.24) is 5.32 Å². The molecular formula is C21H18Cl2N2O4. The van der Waals surface area contributed by atoms with Crippen LogP contribution in [0.5, 0.6) is 5.75 Å². The normalized spacial score (nSPS) is 10.4. The first-order valence-electron chi connectivity index (χ1n) is 8.72. The lowest BCUT2D eigenvalue weighted by molar-refractivity contribution is -0.115. The lowest BCUT2D eigenvalue weighted by Crippen LogP contribution is -2.32. The highest BCUT2D eigenvalue weighted by atomic mass is 35.5. The molecule has 0 saturated heterocycles. The maximum atomic E-state index is 12.2. The van der Waals surface area contributed by atoms with E-state index in [1.807, 2.05) is 31.2 Å². The molecule has 0 radical (unpaired) electrons. The summed E-state index contributed by atoms with van der Waals surface area (Å²) in [7, 11) is 0. The number of hydrogen-bond acceptors (Lipinski definition) is 4. The SMILES string of the molecule is Cc1ccc(OCc2ccc(C(=O)NCC(=O)Nc3cc(Cl)ccc3Cl)o2)cc1. The van der Waals surface area contributed by atoms with Gasteiger partial charge in [-0.2, -0.15) is 0 Å². The van der Waals surface area contributed by atoms with Gasteiger partial charge in [-0.25, -0.2) is 0 Å². The Kier molecular flexibility index (Phi) is 6.80. The fourth-order valence-corrected chi connectivity index (χ4v) is 2.74. The van der Waals surface area contributed by atoms with Crippen LogP contribution < -0.4 is 15.4 Å². The molecule has 0 saturated carbocycles. The summed E-state index contributed by atoms with van der Waals surface area (Å²) < 4.78 is 11.1. The summed E-state index contributed by atoms with van der Waals surface area (Å²) in [6.07, 6.45) is 0. The van der Waals surface area contributed by atoms with E-state index in [0.29, 0.717) is 27.2 Å². The molecule has 2 aromatic carbocycles. The lowest BCUT2D eigenvalue weighted by Gasteiger charge is -2.08. The lowest BCUT2D eigenvalue weighted by atomic mass is 10.2. The second-order valence-corrected chi connectivity index (χ2v) is 7.07. The number of furan rings is 1. The van der Waals surface area contributed by atoms with E-state index in [1.165, 1.54) is 12.1 Å². The highest BCUT2D eigenvalue weighted by molar-refractivity contribution is 6.35. The Morgan fingerprint density at radius 2 is 1.79 bits per heavy atom. The molecule has 0 unspecified atom stereocenters. The Morgan fingerprint density at radius 1 is 1.03 bits per heavy atom. The van der Waals surface area contributed by atoms with Crippen molar-refractivity contribution in [3.63, 3.8) is 0 Å². The Bertz CT molecular complexity index is 1020. The molecule has 0 bridgehead atoms. The summed E-state index contributed by atoms with van der Waals surface area (Å²) in [5.41, 5.74) is 1.50. The summed E-state index contributed by atoms with van der Waals surface area (Å²) in [6, 6.07) is 15.5. The van der Waals surface area contributed by atoms with E-state index >= 15 is 0 Å². The second kappa shape index (κ2) is 9.49. The molecule has 1 aromatic heterocycles. The van der Waals surface area contributed by atoms with Gasteiger partial charge in [0, 0.05) is 5.02 Å². The van der Waals surface area contributed by atoms with Crippen molar-refractivity contribution >= 4 is 40.7 Å². The van der Waals surface area contributed by atoms with E-state index in [9.17, 15) is 9.59 Å². The number of halogens is 2. The minimum absolute atomic E-state index is 0.0843. The molecule has 0 spiro atoms. The predicted molar refractivity (Wildman–Crippen MR) is 112 cm³/mol. The third-order valence-electron chi connectivity index (χ3n) is 3.90. The number of carbonyl (C=O) groups excluding carboxylic acids is 2. The van der Waals surface area contributed by atoms with Crippen LogP contribution in [0.25, 0.3) is 0 Å². The number of nitrogens with one attached hydrogen (secondary N) is 2. The third-order valence-corrected chi connectivity index (χ3v) is 4.46. The number of carbonyl (C=O) groups is 2.